The second-order valence-corrected chi connectivity index (χ2v) is 3.51. The lowest BCUT2D eigenvalue weighted by Gasteiger charge is -2.37. The molecule has 0 saturated carbocycles. The molecular weight excluding hydrogens is 136 g/mol. The molecule has 0 aromatic rings. The van der Waals surface area contributed by atoms with Crippen LogP contribution < -0.4 is 5.32 Å². The highest BCUT2D eigenvalue weighted by molar-refractivity contribution is 4.84. The van der Waals surface area contributed by atoms with Crippen molar-refractivity contribution >= 4 is 0 Å². The van der Waals surface area contributed by atoms with Gasteiger partial charge in [-0.3, -0.25) is 4.90 Å². The summed E-state index contributed by atoms with van der Waals surface area (Å²) in [5.41, 5.74) is 0. The standard InChI is InChI=1S/C9H19N2/c1-4-11-6-5-10-7-9(11)8(2)3/h4,8-10H,5-7H2,1-3H3. The highest BCUT2D eigenvalue weighted by Crippen LogP contribution is 2.13. The Hall–Kier alpha value is -0.0800. The van der Waals surface area contributed by atoms with Gasteiger partial charge < -0.3 is 5.32 Å². The molecular formula is C9H19N2. The molecule has 0 aromatic heterocycles. The molecule has 1 fully saturated rings. The first-order valence-corrected chi connectivity index (χ1v) is 4.51. The maximum atomic E-state index is 3.42. The van der Waals surface area contributed by atoms with Crippen LogP contribution >= 0.6 is 0 Å². The normalized spacial score (nSPS) is 27.8. The predicted octanol–water partition coefficient (Wildman–Crippen LogP) is 1.10. The second-order valence-electron chi connectivity index (χ2n) is 3.51. The van der Waals surface area contributed by atoms with Crippen LogP contribution in [0.1, 0.15) is 20.8 Å². The van der Waals surface area contributed by atoms with Crippen molar-refractivity contribution in [2.75, 3.05) is 19.6 Å². The predicted molar refractivity (Wildman–Crippen MR) is 48.2 cm³/mol. The molecule has 1 aliphatic rings. The zero-order valence-electron chi connectivity index (χ0n) is 7.80. The van der Waals surface area contributed by atoms with Gasteiger partial charge in [-0.2, -0.15) is 0 Å². The van der Waals surface area contributed by atoms with E-state index in [0.717, 1.165) is 19.0 Å². The SMILES string of the molecule is C[CH]N1CCNCC1C(C)C. The van der Waals surface area contributed by atoms with Crippen LogP contribution in [0, 0.1) is 12.5 Å². The average Bonchev–Trinajstić information content (AvgIpc) is 2.04. The molecule has 0 aromatic carbocycles. The van der Waals surface area contributed by atoms with Crippen molar-refractivity contribution in [1.29, 1.82) is 0 Å². The Morgan fingerprint density at radius 1 is 1.55 bits per heavy atom. The Kier molecular flexibility index (Phi) is 3.34. The van der Waals surface area contributed by atoms with Crippen LogP contribution in [0.25, 0.3) is 0 Å². The van der Waals surface area contributed by atoms with E-state index >= 15 is 0 Å². The summed E-state index contributed by atoms with van der Waals surface area (Å²) >= 11 is 0. The van der Waals surface area contributed by atoms with Crippen LogP contribution in [0.4, 0.5) is 0 Å². The summed E-state index contributed by atoms with van der Waals surface area (Å²) in [6.45, 7) is 12.4. The lowest BCUT2D eigenvalue weighted by Crippen LogP contribution is -2.51. The maximum Gasteiger partial charge on any atom is 0.0247 e. The molecule has 2 nitrogen and oxygen atoms in total. The number of hydrogen-bond donors (Lipinski definition) is 1. The molecule has 0 amide bonds. The summed E-state index contributed by atoms with van der Waals surface area (Å²) < 4.78 is 0. The molecule has 2 heteroatoms. The van der Waals surface area contributed by atoms with Gasteiger partial charge in [-0.25, -0.2) is 0 Å². The smallest absolute Gasteiger partial charge is 0.0247 e. The molecule has 0 bridgehead atoms. The Morgan fingerprint density at radius 2 is 2.27 bits per heavy atom. The quantitative estimate of drug-likeness (QED) is 0.642. The lowest BCUT2D eigenvalue weighted by atomic mass is 10.0. The lowest BCUT2D eigenvalue weighted by molar-refractivity contribution is 0.161. The van der Waals surface area contributed by atoms with E-state index in [1.54, 1.807) is 0 Å². The fraction of sp³-hybridized carbons (Fsp3) is 0.889. The number of nitrogens with zero attached hydrogens (tertiary/aromatic N) is 1. The Labute approximate surface area is 70.0 Å². The Morgan fingerprint density at radius 3 is 2.73 bits per heavy atom. The molecule has 1 radical (unpaired) electrons. The van der Waals surface area contributed by atoms with E-state index < -0.39 is 0 Å². The minimum absolute atomic E-state index is 0.703. The van der Waals surface area contributed by atoms with E-state index in [0.29, 0.717) is 6.04 Å². The summed E-state index contributed by atoms with van der Waals surface area (Å²) in [4.78, 5) is 2.45. The van der Waals surface area contributed by atoms with E-state index in [-0.39, 0.29) is 0 Å². The third kappa shape index (κ3) is 2.17. The van der Waals surface area contributed by atoms with Gasteiger partial charge in [0.1, 0.15) is 0 Å². The van der Waals surface area contributed by atoms with Gasteiger partial charge in [0, 0.05) is 32.2 Å². The average molecular weight is 155 g/mol. The molecule has 1 atom stereocenters. The van der Waals surface area contributed by atoms with E-state index in [2.05, 4.69) is 37.5 Å². The van der Waals surface area contributed by atoms with Gasteiger partial charge in [-0.15, -0.1) is 0 Å². The van der Waals surface area contributed by atoms with Crippen molar-refractivity contribution in [3.63, 3.8) is 0 Å². The first-order chi connectivity index (χ1) is 5.25. The summed E-state index contributed by atoms with van der Waals surface area (Å²) in [7, 11) is 0. The van der Waals surface area contributed by atoms with Crippen molar-refractivity contribution in [2.45, 2.75) is 26.8 Å². The minimum atomic E-state index is 0.703. The third-order valence-corrected chi connectivity index (χ3v) is 2.43. The monoisotopic (exact) mass is 155 g/mol. The van der Waals surface area contributed by atoms with Crippen LogP contribution in [0.3, 0.4) is 0 Å². The molecule has 65 valence electrons. The van der Waals surface area contributed by atoms with Gasteiger partial charge in [0.25, 0.3) is 0 Å². The zero-order chi connectivity index (χ0) is 8.27. The van der Waals surface area contributed by atoms with E-state index in [9.17, 15) is 0 Å². The van der Waals surface area contributed by atoms with Gasteiger partial charge in [0.2, 0.25) is 0 Å². The summed E-state index contributed by atoms with van der Waals surface area (Å²) in [6, 6.07) is 0.703. The second kappa shape index (κ2) is 4.07. The fourth-order valence-corrected chi connectivity index (χ4v) is 1.68. The molecule has 1 heterocycles. The maximum absolute atomic E-state index is 3.42. The fourth-order valence-electron chi connectivity index (χ4n) is 1.68. The molecule has 1 rings (SSSR count). The number of nitrogens with one attached hydrogen (secondary N) is 1. The van der Waals surface area contributed by atoms with Gasteiger partial charge in [-0.1, -0.05) is 13.8 Å². The van der Waals surface area contributed by atoms with Crippen molar-refractivity contribution in [2.24, 2.45) is 5.92 Å². The summed E-state index contributed by atoms with van der Waals surface area (Å²) in [5.74, 6) is 0.749. The summed E-state index contributed by atoms with van der Waals surface area (Å²) in [5, 5.41) is 3.42. The first kappa shape index (κ1) is 9.01. The van der Waals surface area contributed by atoms with Crippen molar-refractivity contribution in [3.8, 4) is 0 Å². The van der Waals surface area contributed by atoms with E-state index in [4.69, 9.17) is 0 Å². The van der Waals surface area contributed by atoms with Crippen LogP contribution in [0.15, 0.2) is 0 Å². The molecule has 0 spiro atoms. The third-order valence-electron chi connectivity index (χ3n) is 2.43. The molecule has 0 aliphatic carbocycles. The molecule has 1 aliphatic heterocycles. The Balaban J connectivity index is 2.44. The van der Waals surface area contributed by atoms with Crippen LogP contribution in [0.5, 0.6) is 0 Å². The van der Waals surface area contributed by atoms with Crippen molar-refractivity contribution < 1.29 is 0 Å². The van der Waals surface area contributed by atoms with E-state index in [1.165, 1.54) is 6.54 Å². The zero-order valence-corrected chi connectivity index (χ0v) is 7.80. The molecule has 1 saturated heterocycles. The van der Waals surface area contributed by atoms with Crippen LogP contribution in [-0.2, 0) is 0 Å². The Bertz CT molecular complexity index is 112. The van der Waals surface area contributed by atoms with Crippen LogP contribution in [0.2, 0.25) is 0 Å². The van der Waals surface area contributed by atoms with Gasteiger partial charge in [0.15, 0.2) is 0 Å². The van der Waals surface area contributed by atoms with Crippen molar-refractivity contribution in [3.05, 3.63) is 6.54 Å². The highest BCUT2D eigenvalue weighted by atomic mass is 15.2. The van der Waals surface area contributed by atoms with Gasteiger partial charge in [-0.05, 0) is 12.8 Å². The number of rotatable bonds is 2. The van der Waals surface area contributed by atoms with E-state index in [1.807, 2.05) is 0 Å². The largest absolute Gasteiger partial charge is 0.314 e. The van der Waals surface area contributed by atoms with Crippen molar-refractivity contribution in [1.82, 2.24) is 10.2 Å². The van der Waals surface area contributed by atoms with Gasteiger partial charge in [0.05, 0.1) is 0 Å². The van der Waals surface area contributed by atoms with Gasteiger partial charge >= 0.3 is 0 Å². The highest BCUT2D eigenvalue weighted by Gasteiger charge is 2.22. The topological polar surface area (TPSA) is 15.3 Å². The summed E-state index contributed by atoms with van der Waals surface area (Å²) in [6.07, 6.45) is 0. The number of piperazine rings is 1. The molecule has 1 unspecified atom stereocenters. The van der Waals surface area contributed by atoms with Crippen LogP contribution in [-0.4, -0.2) is 30.6 Å². The molecule has 11 heavy (non-hydrogen) atoms. The first-order valence-electron chi connectivity index (χ1n) is 4.51. The minimum Gasteiger partial charge on any atom is -0.314 e. The number of hydrogen-bond acceptors (Lipinski definition) is 2. The molecule has 1 N–H and O–H groups in total.